The largest absolute Gasteiger partial charge is 0.261 e. The van der Waals surface area contributed by atoms with Gasteiger partial charge in [0.15, 0.2) is 0 Å². The van der Waals surface area contributed by atoms with Gasteiger partial charge in [0, 0.05) is 6.20 Å². The third-order valence-electron chi connectivity index (χ3n) is 2.62. The molecule has 1 aromatic carbocycles. The highest BCUT2D eigenvalue weighted by Crippen LogP contribution is 2.18. The van der Waals surface area contributed by atoms with Crippen LogP contribution in [0, 0.1) is 5.92 Å². The molecule has 1 atom stereocenters. The third-order valence-corrected chi connectivity index (χ3v) is 2.62. The van der Waals surface area contributed by atoms with Crippen LogP contribution in [0.15, 0.2) is 47.6 Å². The molecule has 0 radical (unpaired) electrons. The summed E-state index contributed by atoms with van der Waals surface area (Å²) in [6.45, 7) is 2.25. The minimum atomic E-state index is 0.562. The van der Waals surface area contributed by atoms with Gasteiger partial charge < -0.3 is 0 Å². The van der Waals surface area contributed by atoms with E-state index in [2.05, 4.69) is 42.3 Å². The fraction of sp³-hybridized carbons (Fsp3) is 0.308. The number of aliphatic imine (C=N–C) groups is 1. The molecular formula is C13H15N. The molecule has 1 aliphatic heterocycles. The van der Waals surface area contributed by atoms with Gasteiger partial charge in [0.2, 0.25) is 0 Å². The number of allylic oxidation sites excluding steroid dienone is 1. The summed E-state index contributed by atoms with van der Waals surface area (Å²) in [6.07, 6.45) is 6.42. The van der Waals surface area contributed by atoms with E-state index >= 15 is 0 Å². The van der Waals surface area contributed by atoms with Crippen LogP contribution in [-0.4, -0.2) is 5.71 Å². The summed E-state index contributed by atoms with van der Waals surface area (Å²) >= 11 is 0. The molecule has 1 aliphatic rings. The molecule has 72 valence electrons. The van der Waals surface area contributed by atoms with Crippen LogP contribution in [0.4, 0.5) is 0 Å². The lowest BCUT2D eigenvalue weighted by molar-refractivity contribution is 0.700. The summed E-state index contributed by atoms with van der Waals surface area (Å²) < 4.78 is 0. The van der Waals surface area contributed by atoms with E-state index in [9.17, 15) is 0 Å². The topological polar surface area (TPSA) is 12.4 Å². The Bertz CT molecular complexity index is 349. The van der Waals surface area contributed by atoms with Crippen LogP contribution in [0.2, 0.25) is 0 Å². The number of hydrogen-bond acceptors (Lipinski definition) is 1. The second-order valence-corrected chi connectivity index (χ2v) is 3.74. The highest BCUT2D eigenvalue weighted by atomic mass is 14.7. The molecule has 1 heterocycles. The van der Waals surface area contributed by atoms with Gasteiger partial charge in [-0.15, -0.1) is 0 Å². The van der Waals surface area contributed by atoms with E-state index in [1.807, 2.05) is 12.3 Å². The zero-order valence-corrected chi connectivity index (χ0v) is 8.48. The molecular weight excluding hydrogens is 170 g/mol. The Hall–Kier alpha value is -1.37. The van der Waals surface area contributed by atoms with Crippen LogP contribution in [0.1, 0.15) is 25.3 Å². The Kier molecular flexibility index (Phi) is 2.78. The van der Waals surface area contributed by atoms with E-state index in [0.717, 1.165) is 6.42 Å². The Morgan fingerprint density at radius 3 is 2.79 bits per heavy atom. The third kappa shape index (κ3) is 1.92. The second kappa shape index (κ2) is 4.23. The Morgan fingerprint density at radius 1 is 1.21 bits per heavy atom. The molecule has 1 aromatic rings. The first kappa shape index (κ1) is 9.20. The van der Waals surface area contributed by atoms with E-state index < -0.39 is 0 Å². The van der Waals surface area contributed by atoms with Crippen LogP contribution >= 0.6 is 0 Å². The molecule has 0 bridgehead atoms. The standard InChI is InChI=1S/C13H15N/c1-11-7-5-6-10-14-13(11)12-8-3-2-4-9-12/h2-4,6,8-11H,5,7H2,1H3. The molecule has 0 aromatic heterocycles. The number of nitrogens with zero attached hydrogens (tertiary/aromatic N) is 1. The number of benzene rings is 1. The summed E-state index contributed by atoms with van der Waals surface area (Å²) in [5.41, 5.74) is 2.48. The van der Waals surface area contributed by atoms with E-state index in [1.165, 1.54) is 17.7 Å². The monoisotopic (exact) mass is 185 g/mol. The molecule has 0 amide bonds. The van der Waals surface area contributed by atoms with Crippen molar-refractivity contribution in [3.05, 3.63) is 48.2 Å². The Balaban J connectivity index is 2.32. The van der Waals surface area contributed by atoms with Gasteiger partial charge in [-0.05, 0) is 24.3 Å². The van der Waals surface area contributed by atoms with Crippen molar-refractivity contribution in [2.24, 2.45) is 10.9 Å². The lowest BCUT2D eigenvalue weighted by atomic mass is 9.95. The van der Waals surface area contributed by atoms with Crippen molar-refractivity contribution in [2.45, 2.75) is 19.8 Å². The summed E-state index contributed by atoms with van der Waals surface area (Å²) in [5, 5.41) is 0. The summed E-state index contributed by atoms with van der Waals surface area (Å²) in [6, 6.07) is 10.4. The Morgan fingerprint density at radius 2 is 2.00 bits per heavy atom. The van der Waals surface area contributed by atoms with Crippen molar-refractivity contribution in [3.63, 3.8) is 0 Å². The average molecular weight is 185 g/mol. The van der Waals surface area contributed by atoms with Gasteiger partial charge in [-0.1, -0.05) is 43.3 Å². The maximum atomic E-state index is 4.51. The fourth-order valence-corrected chi connectivity index (χ4v) is 1.79. The van der Waals surface area contributed by atoms with E-state index in [-0.39, 0.29) is 0 Å². The molecule has 0 saturated heterocycles. The molecule has 0 fully saturated rings. The molecule has 1 unspecified atom stereocenters. The van der Waals surface area contributed by atoms with Gasteiger partial charge in [0.1, 0.15) is 0 Å². The first-order valence-corrected chi connectivity index (χ1v) is 5.16. The first-order valence-electron chi connectivity index (χ1n) is 5.16. The molecule has 2 rings (SSSR count). The van der Waals surface area contributed by atoms with E-state index in [4.69, 9.17) is 0 Å². The van der Waals surface area contributed by atoms with E-state index in [1.54, 1.807) is 0 Å². The second-order valence-electron chi connectivity index (χ2n) is 3.74. The van der Waals surface area contributed by atoms with E-state index in [0.29, 0.717) is 5.92 Å². The van der Waals surface area contributed by atoms with Crippen molar-refractivity contribution in [1.82, 2.24) is 0 Å². The van der Waals surface area contributed by atoms with Gasteiger partial charge >= 0.3 is 0 Å². The average Bonchev–Trinajstić information content (AvgIpc) is 2.44. The van der Waals surface area contributed by atoms with Gasteiger partial charge in [-0.2, -0.15) is 0 Å². The van der Waals surface area contributed by atoms with Gasteiger partial charge in [0.25, 0.3) is 0 Å². The molecule has 0 saturated carbocycles. The van der Waals surface area contributed by atoms with Crippen molar-refractivity contribution in [3.8, 4) is 0 Å². The molecule has 0 aliphatic carbocycles. The SMILES string of the molecule is CC1CCC=CN=C1c1ccccc1. The maximum absolute atomic E-state index is 4.51. The van der Waals surface area contributed by atoms with Crippen molar-refractivity contribution < 1.29 is 0 Å². The predicted molar refractivity (Wildman–Crippen MR) is 60.5 cm³/mol. The molecule has 1 nitrogen and oxygen atoms in total. The van der Waals surface area contributed by atoms with Gasteiger partial charge in [-0.25, -0.2) is 0 Å². The molecule has 1 heteroatoms. The molecule has 0 N–H and O–H groups in total. The minimum absolute atomic E-state index is 0.562. The maximum Gasteiger partial charge on any atom is 0.0503 e. The van der Waals surface area contributed by atoms with Gasteiger partial charge in [-0.3, -0.25) is 4.99 Å². The van der Waals surface area contributed by atoms with Crippen LogP contribution in [0.3, 0.4) is 0 Å². The van der Waals surface area contributed by atoms with Crippen LogP contribution in [0.5, 0.6) is 0 Å². The van der Waals surface area contributed by atoms with Crippen LogP contribution < -0.4 is 0 Å². The van der Waals surface area contributed by atoms with Crippen LogP contribution in [0.25, 0.3) is 0 Å². The van der Waals surface area contributed by atoms with Crippen LogP contribution in [-0.2, 0) is 0 Å². The zero-order valence-electron chi connectivity index (χ0n) is 8.48. The van der Waals surface area contributed by atoms with Crippen molar-refractivity contribution in [1.29, 1.82) is 0 Å². The molecule has 14 heavy (non-hydrogen) atoms. The Labute approximate surface area is 85.2 Å². The minimum Gasteiger partial charge on any atom is -0.261 e. The molecule has 0 spiro atoms. The normalized spacial score (nSPS) is 21.5. The summed E-state index contributed by atoms with van der Waals surface area (Å²) in [4.78, 5) is 4.51. The highest BCUT2D eigenvalue weighted by molar-refractivity contribution is 6.02. The first-order chi connectivity index (χ1) is 6.88. The predicted octanol–water partition coefficient (Wildman–Crippen LogP) is 3.42. The zero-order chi connectivity index (χ0) is 9.80. The number of hydrogen-bond donors (Lipinski definition) is 0. The van der Waals surface area contributed by atoms with Crippen molar-refractivity contribution >= 4 is 5.71 Å². The van der Waals surface area contributed by atoms with Gasteiger partial charge in [0.05, 0.1) is 5.71 Å². The highest BCUT2D eigenvalue weighted by Gasteiger charge is 2.12. The lowest BCUT2D eigenvalue weighted by Gasteiger charge is -2.11. The summed E-state index contributed by atoms with van der Waals surface area (Å²) in [5.74, 6) is 0.562. The number of rotatable bonds is 1. The lowest BCUT2D eigenvalue weighted by Crippen LogP contribution is -2.11. The quantitative estimate of drug-likeness (QED) is 0.635. The van der Waals surface area contributed by atoms with Crippen molar-refractivity contribution in [2.75, 3.05) is 0 Å². The summed E-state index contributed by atoms with van der Waals surface area (Å²) in [7, 11) is 0. The fourth-order valence-electron chi connectivity index (χ4n) is 1.79. The smallest absolute Gasteiger partial charge is 0.0503 e.